The highest BCUT2D eigenvalue weighted by Gasteiger charge is 2.23. The normalized spacial score (nSPS) is 17.5. The Bertz CT molecular complexity index is 997. The van der Waals surface area contributed by atoms with Crippen LogP contribution < -0.4 is 5.32 Å². The molecular weight excluding hydrogens is 423 g/mol. The molecule has 6 nitrogen and oxygen atoms in total. The second-order valence-corrected chi connectivity index (χ2v) is 9.07. The Hall–Kier alpha value is -1.90. The summed E-state index contributed by atoms with van der Waals surface area (Å²) in [6.07, 6.45) is 10.5. The van der Waals surface area contributed by atoms with Crippen LogP contribution in [0.3, 0.4) is 0 Å². The average Bonchev–Trinajstić information content (AvgIpc) is 3.17. The number of aromatic amines is 1. The molecule has 4 rings (SSSR count). The van der Waals surface area contributed by atoms with Crippen LogP contribution in [0.5, 0.6) is 0 Å². The Balaban J connectivity index is 1.50. The van der Waals surface area contributed by atoms with Gasteiger partial charge in [0.05, 0.1) is 11.2 Å². The second kappa shape index (κ2) is 9.94. The third-order valence-electron chi connectivity index (χ3n) is 5.32. The highest BCUT2D eigenvalue weighted by molar-refractivity contribution is 7.97. The molecule has 0 bridgehead atoms. The third kappa shape index (κ3) is 4.87. The van der Waals surface area contributed by atoms with Crippen LogP contribution in [0.4, 0.5) is 10.2 Å². The smallest absolute Gasteiger partial charge is 0.183 e. The zero-order valence-corrected chi connectivity index (χ0v) is 18.6. The number of H-pyrrole nitrogens is 1. The molecule has 1 atom stereocenters. The average molecular weight is 449 g/mol. The number of halogens is 2. The first-order chi connectivity index (χ1) is 14.7. The summed E-state index contributed by atoms with van der Waals surface area (Å²) in [5.41, 5.74) is 1.44. The quantitative estimate of drug-likeness (QED) is 0.349. The van der Waals surface area contributed by atoms with E-state index in [0.717, 1.165) is 29.7 Å². The number of hydrogen-bond donors (Lipinski definition) is 2. The fraction of sp³-hybridized carbons (Fsp3) is 0.476. The molecule has 0 aliphatic carbocycles. The van der Waals surface area contributed by atoms with Crippen LogP contribution in [0, 0.1) is 5.82 Å². The van der Waals surface area contributed by atoms with Crippen LogP contribution in [0.1, 0.15) is 39.0 Å². The minimum atomic E-state index is -0.448. The maximum atomic E-state index is 14.4. The molecule has 3 aromatic rings. The third-order valence-corrected chi connectivity index (χ3v) is 6.81. The van der Waals surface area contributed by atoms with E-state index in [-0.39, 0.29) is 5.82 Å². The van der Waals surface area contributed by atoms with Crippen LogP contribution in [0.25, 0.3) is 22.4 Å². The van der Waals surface area contributed by atoms with Crippen molar-refractivity contribution in [3.05, 3.63) is 35.5 Å². The molecule has 1 aliphatic rings. The van der Waals surface area contributed by atoms with Gasteiger partial charge in [-0.05, 0) is 25.3 Å². The molecular formula is C21H26ClFN6S. The molecule has 1 aliphatic heterocycles. The Morgan fingerprint density at radius 1 is 1.33 bits per heavy atom. The molecule has 9 heteroatoms. The summed E-state index contributed by atoms with van der Waals surface area (Å²) in [7, 11) is 0. The molecule has 3 aromatic heterocycles. The van der Waals surface area contributed by atoms with Gasteiger partial charge in [0.25, 0.3) is 0 Å². The Labute approximate surface area is 185 Å². The summed E-state index contributed by atoms with van der Waals surface area (Å²) >= 11 is 8.01. The lowest BCUT2D eigenvalue weighted by molar-refractivity contribution is 0.284. The van der Waals surface area contributed by atoms with Crippen molar-refractivity contribution < 1.29 is 4.39 Å². The molecule has 1 saturated heterocycles. The summed E-state index contributed by atoms with van der Waals surface area (Å²) in [5, 5.41) is 4.57. The molecule has 2 N–H and O–H groups in total. The fourth-order valence-electron chi connectivity index (χ4n) is 3.67. The zero-order valence-electron chi connectivity index (χ0n) is 17.0. The molecule has 0 radical (unpaired) electrons. The van der Waals surface area contributed by atoms with Gasteiger partial charge in [-0.1, -0.05) is 43.3 Å². The van der Waals surface area contributed by atoms with Gasteiger partial charge < -0.3 is 10.3 Å². The van der Waals surface area contributed by atoms with Gasteiger partial charge in [-0.3, -0.25) is 0 Å². The molecule has 160 valence electrons. The standard InChI is InChI=1S/C21H26ClFN6S/c1-2-3-8-30-29-7-5-4-6-15(29)11-25-21-18(23)13-27-20(28-21)17-12-26-19-16(17)9-14(22)10-24-19/h9-10,12-13,15H,2-8,11H2,1H3,(H,24,26)(H,25,27,28)/t15-/m1/s1. The lowest BCUT2D eigenvalue weighted by atomic mass is 10.1. The van der Waals surface area contributed by atoms with Gasteiger partial charge in [-0.25, -0.2) is 23.6 Å². The number of pyridine rings is 1. The number of anilines is 1. The molecule has 0 amide bonds. The number of unbranched alkanes of at least 4 members (excludes halogenated alkanes) is 1. The number of nitrogens with zero attached hydrogens (tertiary/aromatic N) is 4. The van der Waals surface area contributed by atoms with E-state index >= 15 is 0 Å². The van der Waals surface area contributed by atoms with Crippen LogP contribution in [-0.2, 0) is 0 Å². The van der Waals surface area contributed by atoms with E-state index in [0.29, 0.717) is 29.1 Å². The van der Waals surface area contributed by atoms with Crippen molar-refractivity contribution in [3.8, 4) is 11.4 Å². The largest absolute Gasteiger partial charge is 0.366 e. The van der Waals surface area contributed by atoms with Crippen molar-refractivity contribution in [1.82, 2.24) is 24.2 Å². The first-order valence-corrected chi connectivity index (χ1v) is 11.8. The molecule has 0 aromatic carbocycles. The number of rotatable bonds is 8. The van der Waals surface area contributed by atoms with Crippen LogP contribution in [-0.4, -0.2) is 49.1 Å². The van der Waals surface area contributed by atoms with Crippen molar-refractivity contribution in [2.75, 3.05) is 24.2 Å². The molecule has 30 heavy (non-hydrogen) atoms. The predicted octanol–water partition coefficient (Wildman–Crippen LogP) is 5.53. The topological polar surface area (TPSA) is 69.7 Å². The van der Waals surface area contributed by atoms with E-state index in [9.17, 15) is 4.39 Å². The first kappa shape index (κ1) is 21.3. The second-order valence-electron chi connectivity index (χ2n) is 7.50. The first-order valence-electron chi connectivity index (χ1n) is 10.4. The van der Waals surface area contributed by atoms with Crippen molar-refractivity contribution >= 4 is 40.4 Å². The van der Waals surface area contributed by atoms with Gasteiger partial charge >= 0.3 is 0 Å². The van der Waals surface area contributed by atoms with Gasteiger partial charge in [0, 0.05) is 48.2 Å². The van der Waals surface area contributed by atoms with Gasteiger partial charge in [0.15, 0.2) is 17.5 Å². The summed E-state index contributed by atoms with van der Waals surface area (Å²) in [4.78, 5) is 16.0. The number of hydrogen-bond acceptors (Lipinski definition) is 6. The highest BCUT2D eigenvalue weighted by atomic mass is 35.5. The summed E-state index contributed by atoms with van der Waals surface area (Å²) in [6.45, 7) is 3.96. The molecule has 0 unspecified atom stereocenters. The van der Waals surface area contributed by atoms with Crippen molar-refractivity contribution in [3.63, 3.8) is 0 Å². The van der Waals surface area contributed by atoms with Gasteiger partial charge in [0.1, 0.15) is 5.65 Å². The van der Waals surface area contributed by atoms with Gasteiger partial charge in [0.2, 0.25) is 0 Å². The van der Waals surface area contributed by atoms with Crippen LogP contribution >= 0.6 is 23.5 Å². The Morgan fingerprint density at radius 3 is 3.10 bits per heavy atom. The summed E-state index contributed by atoms with van der Waals surface area (Å²) < 4.78 is 16.9. The lowest BCUT2D eigenvalue weighted by Gasteiger charge is -2.34. The predicted molar refractivity (Wildman–Crippen MR) is 122 cm³/mol. The summed E-state index contributed by atoms with van der Waals surface area (Å²) in [6, 6.07) is 2.18. The van der Waals surface area contributed by atoms with Crippen molar-refractivity contribution in [2.24, 2.45) is 0 Å². The van der Waals surface area contributed by atoms with E-state index in [1.807, 2.05) is 18.0 Å². The fourth-order valence-corrected chi connectivity index (χ4v) is 5.13. The van der Waals surface area contributed by atoms with E-state index in [2.05, 4.69) is 36.5 Å². The SMILES string of the molecule is CCCCSN1CCCC[C@@H]1CNc1nc(-c2c[nH]c3ncc(Cl)cc23)ncc1F. The Morgan fingerprint density at radius 2 is 2.23 bits per heavy atom. The van der Waals surface area contributed by atoms with Crippen molar-refractivity contribution in [2.45, 2.75) is 45.1 Å². The van der Waals surface area contributed by atoms with Gasteiger partial charge in [-0.15, -0.1) is 0 Å². The molecule has 1 fully saturated rings. The number of nitrogens with one attached hydrogen (secondary N) is 2. The molecule has 4 heterocycles. The van der Waals surface area contributed by atoms with E-state index in [4.69, 9.17) is 11.6 Å². The van der Waals surface area contributed by atoms with Gasteiger partial charge in [-0.2, -0.15) is 0 Å². The minimum absolute atomic E-state index is 0.230. The lowest BCUT2D eigenvalue weighted by Crippen LogP contribution is -2.39. The summed E-state index contributed by atoms with van der Waals surface area (Å²) in [5.74, 6) is 1.35. The molecule has 0 saturated carbocycles. The minimum Gasteiger partial charge on any atom is -0.366 e. The van der Waals surface area contributed by atoms with E-state index in [1.165, 1.54) is 31.9 Å². The number of fused-ring (bicyclic) bond motifs is 1. The van der Waals surface area contributed by atoms with Crippen LogP contribution in [0.15, 0.2) is 24.7 Å². The van der Waals surface area contributed by atoms with E-state index in [1.54, 1.807) is 12.4 Å². The monoisotopic (exact) mass is 448 g/mol. The number of piperidine rings is 1. The Kier molecular flexibility index (Phi) is 7.07. The van der Waals surface area contributed by atoms with Crippen molar-refractivity contribution in [1.29, 1.82) is 0 Å². The maximum Gasteiger partial charge on any atom is 0.183 e. The molecule has 0 spiro atoms. The highest BCUT2D eigenvalue weighted by Crippen LogP contribution is 2.29. The van der Waals surface area contributed by atoms with Crippen LogP contribution in [0.2, 0.25) is 5.02 Å². The zero-order chi connectivity index (χ0) is 20.9. The number of aromatic nitrogens is 4. The maximum absolute atomic E-state index is 14.4. The van der Waals surface area contributed by atoms with E-state index < -0.39 is 5.82 Å².